The fraction of sp³-hybridized carbons (Fsp3) is 0.464. The third-order valence-corrected chi connectivity index (χ3v) is 7.15. The fourth-order valence-corrected chi connectivity index (χ4v) is 5.23. The Kier molecular flexibility index (Phi) is 9.16. The average Bonchev–Trinajstić information content (AvgIpc) is 3.34. The molecule has 1 fully saturated rings. The van der Waals surface area contributed by atoms with Crippen LogP contribution in [0.25, 0.3) is 0 Å². The van der Waals surface area contributed by atoms with Gasteiger partial charge in [0.25, 0.3) is 0 Å². The standard InChI is InChI=1S/C28H33NO9S/c1-28(2,3)38-26(32)24-29-20-21(35-14-16-6-10-18(33-4)11-7-16)22(23(25(30)31)37-27(20)39-24)36-15-17-8-12-19(34-5)13-9-17/h6-13,20-23,27H,14-15H2,1-5H3,(H,30,31)/t20-,21-,22+,23+,27?/m1/s1. The van der Waals surface area contributed by atoms with Crippen LogP contribution in [0.1, 0.15) is 31.9 Å². The first-order valence-corrected chi connectivity index (χ1v) is 13.3. The molecule has 2 heterocycles. The van der Waals surface area contributed by atoms with Gasteiger partial charge >= 0.3 is 11.9 Å². The normalized spacial score (nSPS) is 24.4. The van der Waals surface area contributed by atoms with Gasteiger partial charge in [-0.1, -0.05) is 36.0 Å². The molecule has 39 heavy (non-hydrogen) atoms. The Morgan fingerprint density at radius 2 is 1.41 bits per heavy atom. The number of hydrogen-bond donors (Lipinski definition) is 1. The Labute approximate surface area is 231 Å². The SMILES string of the molecule is COc1ccc(CO[C@H]2[C@H](OCc3ccc(OC)cc3)[C@H]3N=C(C(=O)OC(C)(C)C)SC3O[C@@H]2C(=O)O)cc1. The molecule has 0 saturated carbocycles. The minimum absolute atomic E-state index is 0.108. The molecule has 0 spiro atoms. The average molecular weight is 560 g/mol. The molecule has 11 heteroatoms. The molecule has 4 rings (SSSR count). The number of nitrogens with zero attached hydrogens (tertiary/aromatic N) is 1. The van der Waals surface area contributed by atoms with E-state index in [2.05, 4.69) is 4.99 Å². The number of thioether (sulfide) groups is 1. The summed E-state index contributed by atoms with van der Waals surface area (Å²) >= 11 is 1.04. The smallest absolute Gasteiger partial charge is 0.363 e. The number of aliphatic carboxylic acids is 1. The summed E-state index contributed by atoms with van der Waals surface area (Å²) in [6, 6.07) is 13.9. The Morgan fingerprint density at radius 3 is 1.87 bits per heavy atom. The van der Waals surface area contributed by atoms with Crippen LogP contribution in [-0.2, 0) is 41.8 Å². The van der Waals surface area contributed by atoms with Gasteiger partial charge in [-0.2, -0.15) is 0 Å². The highest BCUT2D eigenvalue weighted by Gasteiger charge is 2.54. The minimum Gasteiger partial charge on any atom is -0.497 e. The van der Waals surface area contributed by atoms with Crippen molar-refractivity contribution >= 4 is 28.7 Å². The van der Waals surface area contributed by atoms with Crippen LogP contribution in [-0.4, -0.2) is 71.7 Å². The highest BCUT2D eigenvalue weighted by molar-refractivity contribution is 8.16. The van der Waals surface area contributed by atoms with Crippen molar-refractivity contribution in [2.75, 3.05) is 14.2 Å². The Balaban J connectivity index is 1.60. The van der Waals surface area contributed by atoms with Crippen LogP contribution < -0.4 is 9.47 Å². The number of rotatable bonds is 10. The highest BCUT2D eigenvalue weighted by atomic mass is 32.2. The molecule has 0 aromatic heterocycles. The number of carboxylic acids is 1. The van der Waals surface area contributed by atoms with E-state index >= 15 is 0 Å². The van der Waals surface area contributed by atoms with Gasteiger partial charge in [0.2, 0.25) is 0 Å². The van der Waals surface area contributed by atoms with Gasteiger partial charge in [-0.25, -0.2) is 9.59 Å². The largest absolute Gasteiger partial charge is 0.497 e. The van der Waals surface area contributed by atoms with Crippen LogP contribution in [0, 0.1) is 0 Å². The molecule has 2 aromatic carbocycles. The molecule has 1 unspecified atom stereocenters. The summed E-state index contributed by atoms with van der Waals surface area (Å²) in [6.07, 6.45) is -3.17. The number of carboxylic acid groups (broad SMARTS) is 1. The van der Waals surface area contributed by atoms with Crippen LogP contribution in [0.15, 0.2) is 53.5 Å². The minimum atomic E-state index is -1.34. The number of methoxy groups -OCH3 is 2. The maximum atomic E-state index is 12.8. The maximum absolute atomic E-state index is 12.8. The van der Waals surface area contributed by atoms with Gasteiger partial charge in [-0.3, -0.25) is 4.99 Å². The monoisotopic (exact) mass is 559 g/mol. The third-order valence-electron chi connectivity index (χ3n) is 6.03. The lowest BCUT2D eigenvalue weighted by atomic mass is 9.97. The summed E-state index contributed by atoms with van der Waals surface area (Å²) in [5, 5.41) is 10.2. The molecule has 0 radical (unpaired) electrons. The number of esters is 1. The van der Waals surface area contributed by atoms with Crippen LogP contribution in [0.3, 0.4) is 0 Å². The molecule has 0 aliphatic carbocycles. The number of carbonyl (C=O) groups is 2. The van der Waals surface area contributed by atoms with E-state index in [1.165, 1.54) is 0 Å². The molecule has 2 aromatic rings. The molecule has 0 bridgehead atoms. The highest BCUT2D eigenvalue weighted by Crippen LogP contribution is 2.40. The lowest BCUT2D eigenvalue weighted by Crippen LogP contribution is -2.59. The Bertz CT molecular complexity index is 1180. The van der Waals surface area contributed by atoms with Gasteiger partial charge in [0.05, 0.1) is 27.4 Å². The van der Waals surface area contributed by atoms with E-state index in [1.54, 1.807) is 47.1 Å². The Hall–Kier alpha value is -3.12. The molecule has 2 aliphatic rings. The molecule has 10 nitrogen and oxygen atoms in total. The van der Waals surface area contributed by atoms with Crippen LogP contribution in [0.2, 0.25) is 0 Å². The summed E-state index contributed by atoms with van der Waals surface area (Å²) < 4.78 is 34.3. The van der Waals surface area contributed by atoms with Gasteiger partial charge in [0, 0.05) is 0 Å². The molecule has 1 N–H and O–H groups in total. The van der Waals surface area contributed by atoms with Crippen molar-refractivity contribution in [1.82, 2.24) is 0 Å². The molecular formula is C28H33NO9S. The van der Waals surface area contributed by atoms with Crippen molar-refractivity contribution in [3.8, 4) is 11.5 Å². The molecule has 0 amide bonds. The summed E-state index contributed by atoms with van der Waals surface area (Å²) in [4.78, 5) is 29.7. The van der Waals surface area contributed by atoms with E-state index in [9.17, 15) is 14.7 Å². The first-order valence-electron chi connectivity index (χ1n) is 12.4. The van der Waals surface area contributed by atoms with Crippen molar-refractivity contribution in [2.45, 2.75) is 69.4 Å². The first-order chi connectivity index (χ1) is 18.6. The summed E-state index contributed by atoms with van der Waals surface area (Å²) in [7, 11) is 3.16. The first kappa shape index (κ1) is 28.9. The summed E-state index contributed by atoms with van der Waals surface area (Å²) in [5.74, 6) is -0.395. The van der Waals surface area contributed by atoms with E-state index < -0.39 is 47.3 Å². The zero-order valence-corrected chi connectivity index (χ0v) is 23.3. The number of ether oxygens (including phenoxy) is 6. The van der Waals surface area contributed by atoms with Gasteiger partial charge in [0.1, 0.15) is 40.8 Å². The van der Waals surface area contributed by atoms with Crippen molar-refractivity contribution < 1.29 is 43.1 Å². The van der Waals surface area contributed by atoms with E-state index in [1.807, 2.05) is 36.4 Å². The van der Waals surface area contributed by atoms with E-state index in [0.29, 0.717) is 11.5 Å². The molecular weight excluding hydrogens is 526 g/mol. The van der Waals surface area contributed by atoms with Crippen LogP contribution >= 0.6 is 11.8 Å². The van der Waals surface area contributed by atoms with Crippen LogP contribution in [0.4, 0.5) is 0 Å². The second-order valence-corrected chi connectivity index (χ2v) is 11.1. The van der Waals surface area contributed by atoms with Crippen molar-refractivity contribution in [1.29, 1.82) is 0 Å². The van der Waals surface area contributed by atoms with E-state index in [4.69, 9.17) is 28.4 Å². The van der Waals surface area contributed by atoms with Gasteiger partial charge < -0.3 is 33.5 Å². The van der Waals surface area contributed by atoms with Crippen molar-refractivity contribution in [3.05, 3.63) is 59.7 Å². The second-order valence-electron chi connectivity index (χ2n) is 10.1. The fourth-order valence-electron chi connectivity index (χ4n) is 4.16. The quantitative estimate of drug-likeness (QED) is 0.430. The topological polar surface area (TPSA) is 122 Å². The van der Waals surface area contributed by atoms with Crippen LogP contribution in [0.5, 0.6) is 11.5 Å². The van der Waals surface area contributed by atoms with Gasteiger partial charge in [-0.15, -0.1) is 0 Å². The third kappa shape index (κ3) is 7.30. The lowest BCUT2D eigenvalue weighted by molar-refractivity contribution is -0.209. The zero-order valence-electron chi connectivity index (χ0n) is 22.5. The maximum Gasteiger partial charge on any atom is 0.363 e. The molecule has 210 valence electrons. The summed E-state index contributed by atoms with van der Waals surface area (Å²) in [5.41, 5.74) is 0.193. The van der Waals surface area contributed by atoms with Gasteiger partial charge in [0.15, 0.2) is 11.1 Å². The number of aliphatic imine (C=N–C) groups is 1. The van der Waals surface area contributed by atoms with E-state index in [0.717, 1.165) is 22.9 Å². The molecule has 5 atom stereocenters. The molecule has 2 aliphatic heterocycles. The number of carbonyl (C=O) groups excluding carboxylic acids is 1. The summed E-state index contributed by atoms with van der Waals surface area (Å²) in [6.45, 7) is 5.56. The predicted molar refractivity (Wildman–Crippen MR) is 144 cm³/mol. The zero-order chi connectivity index (χ0) is 28.2. The molecule has 1 saturated heterocycles. The number of benzene rings is 2. The number of hydrogen-bond acceptors (Lipinski definition) is 10. The predicted octanol–water partition coefficient (Wildman–Crippen LogP) is 3.84. The second kappa shape index (κ2) is 12.4. The van der Waals surface area contributed by atoms with Crippen molar-refractivity contribution in [2.24, 2.45) is 4.99 Å². The lowest BCUT2D eigenvalue weighted by Gasteiger charge is -2.41. The van der Waals surface area contributed by atoms with Crippen molar-refractivity contribution in [3.63, 3.8) is 0 Å². The van der Waals surface area contributed by atoms with Gasteiger partial charge in [-0.05, 0) is 56.2 Å². The van der Waals surface area contributed by atoms with E-state index in [-0.39, 0.29) is 18.3 Å². The Morgan fingerprint density at radius 1 is 0.897 bits per heavy atom. The number of fused-ring (bicyclic) bond motifs is 1.